The molecule has 2 aromatic rings. The standard InChI is InChI=1S/C32H36N2O2S/c35-28-9-8-26(17-27(28)32-18-22-12-23(19-32)14-24(13-22)20-32)25-7-5-6-21(15-25)16-29-30(36)33-31(37-29)34-10-3-1-2-4-11-34/h5-9,15-17,22-24,35H,1-4,10-14,18-20H2. The number of benzene rings is 2. The van der Waals surface area contributed by atoms with Gasteiger partial charge in [-0.3, -0.25) is 4.79 Å². The topological polar surface area (TPSA) is 52.9 Å². The molecule has 5 fully saturated rings. The molecule has 2 aliphatic heterocycles. The smallest absolute Gasteiger partial charge is 0.286 e. The third-order valence-corrected chi connectivity index (χ3v) is 10.7. The van der Waals surface area contributed by atoms with Crippen LogP contribution in [0.2, 0.25) is 0 Å². The summed E-state index contributed by atoms with van der Waals surface area (Å²) < 4.78 is 0. The second kappa shape index (κ2) is 9.34. The van der Waals surface area contributed by atoms with Crippen LogP contribution in [0.5, 0.6) is 5.75 Å². The maximum Gasteiger partial charge on any atom is 0.286 e. The van der Waals surface area contributed by atoms with E-state index in [-0.39, 0.29) is 11.3 Å². The lowest BCUT2D eigenvalue weighted by Gasteiger charge is -2.57. The second-order valence-electron chi connectivity index (χ2n) is 12.3. The normalized spacial score (nSPS) is 32.2. The van der Waals surface area contributed by atoms with Crippen LogP contribution in [0.25, 0.3) is 17.2 Å². The van der Waals surface area contributed by atoms with E-state index < -0.39 is 0 Å². The molecule has 0 aromatic heterocycles. The molecule has 2 heterocycles. The van der Waals surface area contributed by atoms with E-state index in [1.54, 1.807) is 0 Å². The lowest BCUT2D eigenvalue weighted by atomic mass is 9.48. The summed E-state index contributed by atoms with van der Waals surface area (Å²) in [5, 5.41) is 11.9. The molecule has 1 N–H and O–H groups in total. The molecule has 4 bridgehead atoms. The fourth-order valence-corrected chi connectivity index (χ4v) is 9.30. The number of phenols is 1. The van der Waals surface area contributed by atoms with E-state index in [0.717, 1.165) is 52.7 Å². The number of carbonyl (C=O) groups is 1. The fourth-order valence-electron chi connectivity index (χ4n) is 8.34. The van der Waals surface area contributed by atoms with Gasteiger partial charge in [0.05, 0.1) is 4.91 Å². The van der Waals surface area contributed by atoms with E-state index in [1.807, 2.05) is 18.2 Å². The third-order valence-electron chi connectivity index (χ3n) is 9.61. The van der Waals surface area contributed by atoms with E-state index in [2.05, 4.69) is 40.2 Å². The van der Waals surface area contributed by atoms with Crippen LogP contribution in [0, 0.1) is 17.8 Å². The van der Waals surface area contributed by atoms with Gasteiger partial charge in [0.15, 0.2) is 5.17 Å². The van der Waals surface area contributed by atoms with Crippen LogP contribution in [0.4, 0.5) is 0 Å². The zero-order chi connectivity index (χ0) is 25.0. The molecule has 0 radical (unpaired) electrons. The largest absolute Gasteiger partial charge is 0.508 e. The Morgan fingerprint density at radius 2 is 1.57 bits per heavy atom. The zero-order valence-corrected chi connectivity index (χ0v) is 22.3. The molecule has 0 spiro atoms. The molecule has 5 heteroatoms. The zero-order valence-electron chi connectivity index (χ0n) is 21.5. The summed E-state index contributed by atoms with van der Waals surface area (Å²) in [6.07, 6.45) is 14.8. The number of amidine groups is 1. The second-order valence-corrected chi connectivity index (χ2v) is 13.3. The van der Waals surface area contributed by atoms with Gasteiger partial charge in [-0.25, -0.2) is 0 Å². The van der Waals surface area contributed by atoms with Crippen LogP contribution in [0.1, 0.15) is 75.3 Å². The van der Waals surface area contributed by atoms with E-state index >= 15 is 0 Å². The minimum absolute atomic E-state index is 0.122. The number of thioether (sulfide) groups is 1. The Bertz CT molecular complexity index is 1250. The SMILES string of the molecule is O=C1N=C(N2CCCCCC2)SC1=Cc1cccc(-c2ccc(O)c(C34CC5CC(CC(C5)C3)C4)c2)c1. The van der Waals surface area contributed by atoms with Gasteiger partial charge in [-0.1, -0.05) is 37.1 Å². The van der Waals surface area contributed by atoms with Crippen molar-refractivity contribution < 1.29 is 9.90 Å². The predicted molar refractivity (Wildman–Crippen MR) is 151 cm³/mol. The average Bonchev–Trinajstić information content (AvgIpc) is 3.06. The van der Waals surface area contributed by atoms with Crippen molar-refractivity contribution in [1.82, 2.24) is 4.90 Å². The molecular weight excluding hydrogens is 476 g/mol. The molecule has 0 unspecified atom stereocenters. The summed E-state index contributed by atoms with van der Waals surface area (Å²) in [7, 11) is 0. The fraction of sp³-hybridized carbons (Fsp3) is 0.500. The van der Waals surface area contributed by atoms with Crippen LogP contribution >= 0.6 is 11.8 Å². The Morgan fingerprint density at radius 1 is 0.892 bits per heavy atom. The molecule has 37 heavy (non-hydrogen) atoms. The van der Waals surface area contributed by atoms with Gasteiger partial charge in [0.25, 0.3) is 5.91 Å². The molecule has 4 aliphatic carbocycles. The number of carbonyl (C=O) groups excluding carboxylic acids is 1. The molecule has 6 aliphatic rings. The number of nitrogens with zero attached hydrogens (tertiary/aromatic N) is 2. The molecule has 192 valence electrons. The van der Waals surface area contributed by atoms with Crippen molar-refractivity contribution in [2.24, 2.45) is 22.7 Å². The maximum absolute atomic E-state index is 12.7. The summed E-state index contributed by atoms with van der Waals surface area (Å²) in [5.41, 5.74) is 4.62. The first-order valence-electron chi connectivity index (χ1n) is 14.3. The molecule has 8 rings (SSSR count). The van der Waals surface area contributed by atoms with E-state index in [0.29, 0.717) is 10.7 Å². The number of rotatable bonds is 3. The summed E-state index contributed by atoms with van der Waals surface area (Å²) in [6, 6.07) is 14.7. The Balaban J connectivity index is 1.15. The van der Waals surface area contributed by atoms with Crippen LogP contribution in [0.15, 0.2) is 52.4 Å². The molecule has 0 atom stereocenters. The quantitative estimate of drug-likeness (QED) is 0.436. The minimum atomic E-state index is -0.122. The van der Waals surface area contributed by atoms with Crippen molar-refractivity contribution in [3.8, 4) is 16.9 Å². The molecule has 4 nitrogen and oxygen atoms in total. The Labute approximate surface area is 224 Å². The number of phenolic OH excluding ortho intramolecular Hbond substituents is 1. The van der Waals surface area contributed by atoms with Gasteiger partial charge in [0.2, 0.25) is 0 Å². The number of hydrogen-bond acceptors (Lipinski definition) is 4. The van der Waals surface area contributed by atoms with Crippen molar-refractivity contribution in [2.45, 2.75) is 69.6 Å². The summed E-state index contributed by atoms with van der Waals surface area (Å²) in [5.74, 6) is 2.87. The van der Waals surface area contributed by atoms with E-state index in [1.165, 1.54) is 81.5 Å². The number of amides is 1. The lowest BCUT2D eigenvalue weighted by molar-refractivity contribution is -0.113. The highest BCUT2D eigenvalue weighted by Crippen LogP contribution is 2.62. The van der Waals surface area contributed by atoms with Crippen LogP contribution < -0.4 is 0 Å². The van der Waals surface area contributed by atoms with Crippen molar-refractivity contribution in [3.63, 3.8) is 0 Å². The number of aromatic hydroxyl groups is 1. The van der Waals surface area contributed by atoms with Crippen LogP contribution in [-0.4, -0.2) is 34.2 Å². The average molecular weight is 513 g/mol. The van der Waals surface area contributed by atoms with Crippen molar-refractivity contribution >= 4 is 28.9 Å². The van der Waals surface area contributed by atoms with Crippen LogP contribution in [-0.2, 0) is 10.2 Å². The Kier molecular flexibility index (Phi) is 5.95. The number of hydrogen-bond donors (Lipinski definition) is 1. The number of likely N-dealkylation sites (tertiary alicyclic amines) is 1. The van der Waals surface area contributed by atoms with Gasteiger partial charge >= 0.3 is 0 Å². The van der Waals surface area contributed by atoms with Gasteiger partial charge in [-0.15, -0.1) is 0 Å². The first-order valence-corrected chi connectivity index (χ1v) is 15.1. The predicted octanol–water partition coefficient (Wildman–Crippen LogP) is 7.37. The van der Waals surface area contributed by atoms with Gasteiger partial charge in [-0.05, 0) is 127 Å². The summed E-state index contributed by atoms with van der Waals surface area (Å²) in [6.45, 7) is 1.99. The van der Waals surface area contributed by atoms with Gasteiger partial charge in [0.1, 0.15) is 5.75 Å². The van der Waals surface area contributed by atoms with Crippen molar-refractivity contribution in [3.05, 3.63) is 58.5 Å². The monoisotopic (exact) mass is 512 g/mol. The van der Waals surface area contributed by atoms with Gasteiger partial charge in [0, 0.05) is 18.7 Å². The molecule has 4 saturated carbocycles. The maximum atomic E-state index is 12.7. The van der Waals surface area contributed by atoms with Gasteiger partial charge < -0.3 is 10.0 Å². The summed E-state index contributed by atoms with van der Waals surface area (Å²) >= 11 is 1.52. The highest BCUT2D eigenvalue weighted by molar-refractivity contribution is 8.18. The molecular formula is C32H36N2O2S. The summed E-state index contributed by atoms with van der Waals surface area (Å²) in [4.78, 5) is 20.1. The lowest BCUT2D eigenvalue weighted by Crippen LogP contribution is -2.48. The highest BCUT2D eigenvalue weighted by atomic mass is 32.2. The van der Waals surface area contributed by atoms with E-state index in [4.69, 9.17) is 0 Å². The molecule has 2 aromatic carbocycles. The first kappa shape index (κ1) is 23.6. The van der Waals surface area contributed by atoms with Crippen molar-refractivity contribution in [2.75, 3.05) is 13.1 Å². The van der Waals surface area contributed by atoms with Crippen LogP contribution in [0.3, 0.4) is 0 Å². The van der Waals surface area contributed by atoms with Crippen molar-refractivity contribution in [1.29, 1.82) is 0 Å². The first-order chi connectivity index (χ1) is 18.0. The minimum Gasteiger partial charge on any atom is -0.508 e. The Morgan fingerprint density at radius 3 is 2.27 bits per heavy atom. The Hall–Kier alpha value is -2.53. The highest BCUT2D eigenvalue weighted by Gasteiger charge is 2.52. The number of aliphatic imine (C=N–C) groups is 1. The van der Waals surface area contributed by atoms with E-state index in [9.17, 15) is 9.90 Å². The third kappa shape index (κ3) is 4.43. The molecule has 1 saturated heterocycles. The van der Waals surface area contributed by atoms with Gasteiger partial charge in [-0.2, -0.15) is 4.99 Å². The molecule has 1 amide bonds.